The van der Waals surface area contributed by atoms with E-state index in [2.05, 4.69) is 32.2 Å². The number of hydrogen-bond acceptors (Lipinski definition) is 9. The van der Waals surface area contributed by atoms with Crippen LogP contribution in [0.1, 0.15) is 168 Å². The molecule has 0 aromatic carbocycles. The predicted octanol–water partition coefficient (Wildman–Crippen LogP) is 6.52. The van der Waals surface area contributed by atoms with Crippen molar-refractivity contribution in [3.8, 4) is 0 Å². The number of allylic oxidation sites excluding steroid dienone is 3. The first-order chi connectivity index (χ1) is 24.7. The summed E-state index contributed by atoms with van der Waals surface area (Å²) in [5, 5.41) is 64.5. The van der Waals surface area contributed by atoms with Crippen molar-refractivity contribution < 1.29 is 44.9 Å². The van der Waals surface area contributed by atoms with Crippen LogP contribution < -0.4 is 5.32 Å². The van der Waals surface area contributed by atoms with Crippen molar-refractivity contribution in [2.75, 3.05) is 13.2 Å². The fourth-order valence-electron chi connectivity index (χ4n) is 6.48. The molecule has 1 aliphatic rings. The highest BCUT2D eigenvalue weighted by atomic mass is 16.7. The van der Waals surface area contributed by atoms with Crippen LogP contribution >= 0.6 is 0 Å². The molecule has 1 fully saturated rings. The van der Waals surface area contributed by atoms with Crippen LogP contribution in [0, 0.1) is 0 Å². The van der Waals surface area contributed by atoms with Crippen molar-refractivity contribution in [3.05, 3.63) is 23.8 Å². The van der Waals surface area contributed by atoms with Gasteiger partial charge >= 0.3 is 0 Å². The van der Waals surface area contributed by atoms with Crippen molar-refractivity contribution in [3.63, 3.8) is 0 Å². The Labute approximate surface area is 310 Å². The summed E-state index contributed by atoms with van der Waals surface area (Å²) < 4.78 is 11.1. The average molecular weight is 728 g/mol. The van der Waals surface area contributed by atoms with Gasteiger partial charge in [0.2, 0.25) is 5.91 Å². The lowest BCUT2D eigenvalue weighted by molar-refractivity contribution is -0.302. The van der Waals surface area contributed by atoms with Gasteiger partial charge in [0.15, 0.2) is 6.29 Å². The molecule has 10 nitrogen and oxygen atoms in total. The molecule has 0 spiro atoms. The molecule has 0 aromatic rings. The molecule has 1 amide bonds. The van der Waals surface area contributed by atoms with E-state index in [9.17, 15) is 35.4 Å². The summed E-state index contributed by atoms with van der Waals surface area (Å²) in [6.07, 6.45) is 22.0. The number of aliphatic hydroxyl groups is 6. The minimum atomic E-state index is -1.61. The van der Waals surface area contributed by atoms with Gasteiger partial charge in [0.25, 0.3) is 0 Å². The summed E-state index contributed by atoms with van der Waals surface area (Å²) in [6, 6.07) is -0.993. The van der Waals surface area contributed by atoms with Gasteiger partial charge < -0.3 is 45.4 Å². The highest BCUT2D eigenvalue weighted by molar-refractivity contribution is 5.80. The molecule has 0 bridgehead atoms. The van der Waals surface area contributed by atoms with E-state index in [4.69, 9.17) is 9.47 Å². The number of carbonyl (C=O) groups excluding carboxylic acids is 1. The molecule has 0 radical (unpaired) electrons. The maximum Gasteiger partial charge on any atom is 0.249 e. The highest BCUT2D eigenvalue weighted by Gasteiger charge is 2.44. The lowest BCUT2D eigenvalue weighted by Gasteiger charge is -2.40. The molecule has 0 saturated carbocycles. The Kier molecular flexibility index (Phi) is 29.0. The molecule has 51 heavy (non-hydrogen) atoms. The van der Waals surface area contributed by atoms with E-state index < -0.39 is 61.5 Å². The van der Waals surface area contributed by atoms with Crippen LogP contribution in [0.25, 0.3) is 0 Å². The number of unbranched alkanes of at least 4 members (excludes halogenated alkanes) is 18. The molecule has 10 heteroatoms. The zero-order valence-corrected chi connectivity index (χ0v) is 32.4. The van der Waals surface area contributed by atoms with Crippen LogP contribution in [0.15, 0.2) is 23.8 Å². The SMILES string of the molecule is CCCCCCCCCCCCCC[C@@H](O)C(=O)N[C@@H](COC1OC(CO)C(O)C(O)C1O)[C@H](O)/C=C/CC/C=C(\C)CCCCCCCCC. The van der Waals surface area contributed by atoms with E-state index in [0.29, 0.717) is 19.3 Å². The van der Waals surface area contributed by atoms with Gasteiger partial charge in [0.1, 0.15) is 30.5 Å². The second-order valence-corrected chi connectivity index (χ2v) is 14.8. The number of carbonyl (C=O) groups is 1. The first kappa shape index (κ1) is 47.7. The quantitative estimate of drug-likeness (QED) is 0.0301. The van der Waals surface area contributed by atoms with Crippen molar-refractivity contribution in [2.45, 2.75) is 217 Å². The van der Waals surface area contributed by atoms with Gasteiger partial charge in [-0.2, -0.15) is 0 Å². The molecule has 1 saturated heterocycles. The Morgan fingerprint density at radius 3 is 1.82 bits per heavy atom. The van der Waals surface area contributed by atoms with Crippen LogP contribution in [0.5, 0.6) is 0 Å². The third kappa shape index (κ3) is 22.4. The summed E-state index contributed by atoms with van der Waals surface area (Å²) in [4.78, 5) is 13.0. The molecule has 7 N–H and O–H groups in total. The number of aliphatic hydroxyl groups excluding tert-OH is 6. The van der Waals surface area contributed by atoms with E-state index in [-0.39, 0.29) is 6.61 Å². The Morgan fingerprint density at radius 1 is 0.745 bits per heavy atom. The normalized spacial score (nSPS) is 23.1. The first-order valence-corrected chi connectivity index (χ1v) is 20.6. The number of hydrogen-bond donors (Lipinski definition) is 7. The van der Waals surface area contributed by atoms with Crippen LogP contribution in [0.3, 0.4) is 0 Å². The Bertz CT molecular complexity index is 898. The topological polar surface area (TPSA) is 169 Å². The average Bonchev–Trinajstić information content (AvgIpc) is 3.12. The molecular weight excluding hydrogens is 650 g/mol. The molecule has 8 atom stereocenters. The lowest BCUT2D eigenvalue weighted by atomic mass is 9.99. The van der Waals surface area contributed by atoms with Gasteiger partial charge in [-0.3, -0.25) is 4.79 Å². The van der Waals surface area contributed by atoms with Crippen molar-refractivity contribution in [1.82, 2.24) is 5.32 Å². The Balaban J connectivity index is 2.59. The van der Waals surface area contributed by atoms with Crippen molar-refractivity contribution in [1.29, 1.82) is 0 Å². The highest BCUT2D eigenvalue weighted by Crippen LogP contribution is 2.22. The third-order valence-electron chi connectivity index (χ3n) is 10.00. The molecule has 1 aliphatic heterocycles. The molecule has 300 valence electrons. The van der Waals surface area contributed by atoms with Gasteiger partial charge in [-0.1, -0.05) is 153 Å². The van der Waals surface area contributed by atoms with Crippen molar-refractivity contribution >= 4 is 5.91 Å². The summed E-state index contributed by atoms with van der Waals surface area (Å²) in [7, 11) is 0. The molecule has 1 heterocycles. The van der Waals surface area contributed by atoms with Gasteiger partial charge in [-0.25, -0.2) is 0 Å². The van der Waals surface area contributed by atoms with Crippen LogP contribution in [0.2, 0.25) is 0 Å². The molecule has 1 rings (SSSR count). The third-order valence-corrected chi connectivity index (χ3v) is 10.00. The number of rotatable bonds is 32. The van der Waals surface area contributed by atoms with E-state index in [1.165, 1.54) is 102 Å². The fourth-order valence-corrected chi connectivity index (χ4v) is 6.48. The zero-order valence-electron chi connectivity index (χ0n) is 32.4. The summed E-state index contributed by atoms with van der Waals surface area (Å²) in [5.74, 6) is -0.628. The monoisotopic (exact) mass is 728 g/mol. The number of nitrogens with one attached hydrogen (secondary N) is 1. The minimum Gasteiger partial charge on any atom is -0.394 e. The predicted molar refractivity (Wildman–Crippen MR) is 204 cm³/mol. The standard InChI is InChI=1S/C41H77NO9/c1-4-6-8-10-12-13-14-15-16-18-20-24-29-35(45)40(49)42-33(31-50-41-39(48)38(47)37(46)36(30-43)51-41)34(44)28-25-21-23-27-32(3)26-22-19-17-11-9-7-5-2/h25,27-28,33-39,41,43-48H,4-24,26,29-31H2,1-3H3,(H,42,49)/b28-25+,32-27+/t33-,34+,35+,36?,37?,38?,39?,41?/m0/s1. The van der Waals surface area contributed by atoms with E-state index in [1.807, 2.05) is 6.08 Å². The maximum absolute atomic E-state index is 13.0. The molecule has 0 aromatic heterocycles. The summed E-state index contributed by atoms with van der Waals surface area (Å²) >= 11 is 0. The number of amides is 1. The lowest BCUT2D eigenvalue weighted by Crippen LogP contribution is -2.60. The zero-order chi connectivity index (χ0) is 37.7. The summed E-state index contributed by atoms with van der Waals surface area (Å²) in [5.41, 5.74) is 1.36. The van der Waals surface area contributed by atoms with Crippen molar-refractivity contribution in [2.24, 2.45) is 0 Å². The Hall–Kier alpha value is -1.37. The largest absolute Gasteiger partial charge is 0.394 e. The van der Waals surface area contributed by atoms with Gasteiger partial charge in [0.05, 0.1) is 25.4 Å². The van der Waals surface area contributed by atoms with Gasteiger partial charge in [-0.05, 0) is 39.0 Å². The van der Waals surface area contributed by atoms with E-state index >= 15 is 0 Å². The molecule has 0 aliphatic carbocycles. The Morgan fingerprint density at radius 2 is 1.27 bits per heavy atom. The minimum absolute atomic E-state index is 0.306. The smallest absolute Gasteiger partial charge is 0.249 e. The van der Waals surface area contributed by atoms with Crippen LogP contribution in [-0.2, 0) is 14.3 Å². The van der Waals surface area contributed by atoms with Crippen LogP contribution in [0.4, 0.5) is 0 Å². The second-order valence-electron chi connectivity index (χ2n) is 14.8. The van der Waals surface area contributed by atoms with E-state index in [1.54, 1.807) is 6.08 Å². The number of ether oxygens (including phenoxy) is 2. The van der Waals surface area contributed by atoms with Gasteiger partial charge in [-0.15, -0.1) is 0 Å². The second kappa shape index (κ2) is 31.0. The first-order valence-electron chi connectivity index (χ1n) is 20.6. The fraction of sp³-hybridized carbons (Fsp3) is 0.878. The van der Waals surface area contributed by atoms with Gasteiger partial charge in [0, 0.05) is 0 Å². The molecule has 5 unspecified atom stereocenters. The molecular formula is C41H77NO9. The maximum atomic E-state index is 13.0. The van der Waals surface area contributed by atoms with Crippen LogP contribution in [-0.4, -0.2) is 98.7 Å². The summed E-state index contributed by atoms with van der Waals surface area (Å²) in [6.45, 7) is 5.70. The van der Waals surface area contributed by atoms with E-state index in [0.717, 1.165) is 32.1 Å².